The Kier molecular flexibility index (Phi) is 4.82. The Bertz CT molecular complexity index is 430. The van der Waals surface area contributed by atoms with Gasteiger partial charge in [-0.1, -0.05) is 0 Å². The van der Waals surface area contributed by atoms with Gasteiger partial charge in [-0.15, -0.1) is 11.6 Å². The first-order valence-electron chi connectivity index (χ1n) is 6.56. The SMILES string of the molecule is CCOc1cc(N2CC(CCl)OCC2C)nc(C)n1. The van der Waals surface area contributed by atoms with E-state index in [-0.39, 0.29) is 12.1 Å². The van der Waals surface area contributed by atoms with Crippen molar-refractivity contribution >= 4 is 17.4 Å². The summed E-state index contributed by atoms with van der Waals surface area (Å²) < 4.78 is 11.1. The number of ether oxygens (including phenoxy) is 2. The maximum Gasteiger partial charge on any atom is 0.218 e. The lowest BCUT2D eigenvalue weighted by Crippen LogP contribution is -2.49. The van der Waals surface area contributed by atoms with E-state index in [4.69, 9.17) is 21.1 Å². The molecule has 1 aliphatic heterocycles. The van der Waals surface area contributed by atoms with Crippen LogP contribution in [0.3, 0.4) is 0 Å². The fraction of sp³-hybridized carbons (Fsp3) is 0.692. The Morgan fingerprint density at radius 2 is 2.32 bits per heavy atom. The van der Waals surface area contributed by atoms with Crippen LogP contribution in [-0.2, 0) is 4.74 Å². The third-order valence-electron chi connectivity index (χ3n) is 3.07. The second kappa shape index (κ2) is 6.39. The zero-order valence-corrected chi connectivity index (χ0v) is 12.4. The fourth-order valence-electron chi connectivity index (χ4n) is 2.12. The number of aromatic nitrogens is 2. The molecular weight excluding hydrogens is 266 g/mol. The predicted octanol–water partition coefficient (Wildman–Crippen LogP) is 2.02. The quantitative estimate of drug-likeness (QED) is 0.792. The second-order valence-corrected chi connectivity index (χ2v) is 4.96. The Labute approximate surface area is 118 Å². The predicted molar refractivity (Wildman–Crippen MR) is 75.2 cm³/mol. The van der Waals surface area contributed by atoms with Crippen LogP contribution >= 0.6 is 11.6 Å². The fourth-order valence-corrected chi connectivity index (χ4v) is 2.31. The third-order valence-corrected chi connectivity index (χ3v) is 3.41. The molecule has 1 aromatic heterocycles. The molecule has 0 radical (unpaired) electrons. The number of nitrogens with zero attached hydrogens (tertiary/aromatic N) is 3. The lowest BCUT2D eigenvalue weighted by molar-refractivity contribution is 0.0361. The number of rotatable bonds is 4. The van der Waals surface area contributed by atoms with Crippen LogP contribution in [0.2, 0.25) is 0 Å². The standard InChI is InChI=1S/C13H20ClN3O2/c1-4-18-13-5-12(15-10(3)16-13)17-7-11(6-14)19-8-9(17)2/h5,9,11H,4,6-8H2,1-3H3. The van der Waals surface area contributed by atoms with Crippen molar-refractivity contribution in [3.63, 3.8) is 0 Å². The van der Waals surface area contributed by atoms with E-state index in [2.05, 4.69) is 21.8 Å². The molecular formula is C13H20ClN3O2. The molecule has 0 N–H and O–H groups in total. The van der Waals surface area contributed by atoms with E-state index < -0.39 is 0 Å². The van der Waals surface area contributed by atoms with Crippen molar-refractivity contribution in [2.75, 3.05) is 30.5 Å². The number of anilines is 1. The van der Waals surface area contributed by atoms with Crippen molar-refractivity contribution in [3.8, 4) is 5.88 Å². The molecule has 19 heavy (non-hydrogen) atoms. The minimum Gasteiger partial charge on any atom is -0.478 e. The van der Waals surface area contributed by atoms with E-state index in [0.29, 0.717) is 30.8 Å². The van der Waals surface area contributed by atoms with Crippen LogP contribution < -0.4 is 9.64 Å². The highest BCUT2D eigenvalue weighted by molar-refractivity contribution is 6.18. The van der Waals surface area contributed by atoms with Gasteiger partial charge in [0.2, 0.25) is 5.88 Å². The summed E-state index contributed by atoms with van der Waals surface area (Å²) in [5.74, 6) is 2.70. The highest BCUT2D eigenvalue weighted by atomic mass is 35.5. The van der Waals surface area contributed by atoms with Crippen LogP contribution in [0, 0.1) is 6.92 Å². The van der Waals surface area contributed by atoms with Crippen LogP contribution in [-0.4, -0.2) is 47.8 Å². The van der Waals surface area contributed by atoms with Crippen molar-refractivity contribution in [2.45, 2.75) is 32.9 Å². The van der Waals surface area contributed by atoms with Gasteiger partial charge in [0.1, 0.15) is 11.6 Å². The maximum atomic E-state index is 5.88. The first kappa shape index (κ1) is 14.3. The molecule has 6 heteroatoms. The lowest BCUT2D eigenvalue weighted by Gasteiger charge is -2.38. The Balaban J connectivity index is 2.23. The van der Waals surface area contributed by atoms with Gasteiger partial charge < -0.3 is 14.4 Å². The Morgan fingerprint density at radius 1 is 1.53 bits per heavy atom. The number of hydrogen-bond donors (Lipinski definition) is 0. The molecule has 1 aliphatic rings. The van der Waals surface area contributed by atoms with Gasteiger partial charge in [-0.3, -0.25) is 0 Å². The molecule has 2 unspecified atom stereocenters. The molecule has 0 aliphatic carbocycles. The topological polar surface area (TPSA) is 47.5 Å². The van der Waals surface area contributed by atoms with Crippen molar-refractivity contribution in [3.05, 3.63) is 11.9 Å². The van der Waals surface area contributed by atoms with Gasteiger partial charge in [-0.05, 0) is 20.8 Å². The van der Waals surface area contributed by atoms with Crippen LogP contribution in [0.4, 0.5) is 5.82 Å². The zero-order valence-electron chi connectivity index (χ0n) is 11.6. The summed E-state index contributed by atoms with van der Waals surface area (Å²) in [6, 6.07) is 2.15. The van der Waals surface area contributed by atoms with Crippen LogP contribution in [0.15, 0.2) is 6.07 Å². The molecule has 2 heterocycles. The summed E-state index contributed by atoms with van der Waals surface area (Å²) in [6.45, 7) is 7.92. The van der Waals surface area contributed by atoms with E-state index in [9.17, 15) is 0 Å². The molecule has 0 saturated carbocycles. The monoisotopic (exact) mass is 285 g/mol. The number of halogens is 1. The number of morpholine rings is 1. The zero-order chi connectivity index (χ0) is 13.8. The van der Waals surface area contributed by atoms with E-state index in [0.717, 1.165) is 12.4 Å². The molecule has 2 rings (SSSR count). The second-order valence-electron chi connectivity index (χ2n) is 4.66. The average molecular weight is 286 g/mol. The van der Waals surface area contributed by atoms with Gasteiger partial charge in [-0.25, -0.2) is 4.98 Å². The molecule has 0 amide bonds. The van der Waals surface area contributed by atoms with Crippen molar-refractivity contribution < 1.29 is 9.47 Å². The first-order chi connectivity index (χ1) is 9.13. The van der Waals surface area contributed by atoms with Gasteiger partial charge in [0.15, 0.2) is 0 Å². The largest absolute Gasteiger partial charge is 0.478 e. The number of hydrogen-bond acceptors (Lipinski definition) is 5. The number of alkyl halides is 1. The van der Waals surface area contributed by atoms with E-state index in [1.807, 2.05) is 19.9 Å². The minimum absolute atomic E-state index is 0.0451. The Morgan fingerprint density at radius 3 is 3.00 bits per heavy atom. The molecule has 0 spiro atoms. The maximum absolute atomic E-state index is 5.88. The molecule has 1 fully saturated rings. The molecule has 0 bridgehead atoms. The lowest BCUT2D eigenvalue weighted by atomic mass is 10.2. The van der Waals surface area contributed by atoms with Gasteiger partial charge >= 0.3 is 0 Å². The van der Waals surface area contributed by atoms with E-state index in [1.165, 1.54) is 0 Å². The minimum atomic E-state index is 0.0451. The molecule has 1 saturated heterocycles. The van der Waals surface area contributed by atoms with Crippen LogP contribution in [0.5, 0.6) is 5.88 Å². The summed E-state index contributed by atoms with van der Waals surface area (Å²) in [7, 11) is 0. The van der Waals surface area contributed by atoms with E-state index in [1.54, 1.807) is 0 Å². The summed E-state index contributed by atoms with van der Waals surface area (Å²) in [5.41, 5.74) is 0. The van der Waals surface area contributed by atoms with Gasteiger partial charge in [0, 0.05) is 12.6 Å². The third kappa shape index (κ3) is 3.48. The highest BCUT2D eigenvalue weighted by Gasteiger charge is 2.27. The van der Waals surface area contributed by atoms with Crippen LogP contribution in [0.25, 0.3) is 0 Å². The summed E-state index contributed by atoms with van der Waals surface area (Å²) >= 11 is 5.88. The smallest absolute Gasteiger partial charge is 0.218 e. The summed E-state index contributed by atoms with van der Waals surface area (Å²) in [6.07, 6.45) is 0.0451. The summed E-state index contributed by atoms with van der Waals surface area (Å²) in [5, 5.41) is 0. The molecule has 1 aromatic rings. The number of aryl methyl sites for hydroxylation is 1. The van der Waals surface area contributed by atoms with Crippen molar-refractivity contribution in [1.29, 1.82) is 0 Å². The normalized spacial score (nSPS) is 23.5. The Hall–Kier alpha value is -1.07. The van der Waals surface area contributed by atoms with Gasteiger partial charge in [-0.2, -0.15) is 4.98 Å². The molecule has 5 nitrogen and oxygen atoms in total. The molecule has 106 valence electrons. The van der Waals surface area contributed by atoms with E-state index >= 15 is 0 Å². The van der Waals surface area contributed by atoms with Gasteiger partial charge in [0.25, 0.3) is 0 Å². The average Bonchev–Trinajstić information content (AvgIpc) is 2.39. The van der Waals surface area contributed by atoms with Crippen molar-refractivity contribution in [2.24, 2.45) is 0 Å². The first-order valence-corrected chi connectivity index (χ1v) is 7.10. The van der Waals surface area contributed by atoms with Gasteiger partial charge in [0.05, 0.1) is 31.2 Å². The van der Waals surface area contributed by atoms with Crippen molar-refractivity contribution in [1.82, 2.24) is 9.97 Å². The molecule has 2 atom stereocenters. The molecule has 0 aromatic carbocycles. The highest BCUT2D eigenvalue weighted by Crippen LogP contribution is 2.23. The van der Waals surface area contributed by atoms with Crippen LogP contribution in [0.1, 0.15) is 19.7 Å². The summed E-state index contributed by atoms with van der Waals surface area (Å²) in [4.78, 5) is 11.0.